The second-order valence-electron chi connectivity index (χ2n) is 8.16. The molecule has 1 heterocycles. The monoisotopic (exact) mass is 416 g/mol. The van der Waals surface area contributed by atoms with Gasteiger partial charge in [0.05, 0.1) is 12.0 Å². The van der Waals surface area contributed by atoms with Crippen molar-refractivity contribution >= 4 is 31.9 Å². The van der Waals surface area contributed by atoms with Crippen molar-refractivity contribution in [1.82, 2.24) is 14.9 Å². The Kier molecular flexibility index (Phi) is 8.06. The summed E-state index contributed by atoms with van der Waals surface area (Å²) in [5.41, 5.74) is 3.05. The van der Waals surface area contributed by atoms with Gasteiger partial charge in [-0.05, 0) is 55.8 Å². The summed E-state index contributed by atoms with van der Waals surface area (Å²) in [6.45, 7) is 14.2. The molecule has 0 spiro atoms. The van der Waals surface area contributed by atoms with Crippen LogP contribution in [0.2, 0.25) is 25.7 Å². The number of aromatic nitrogens is 2. The molecule has 0 fully saturated rings. The Labute approximate surface area is 174 Å². The van der Waals surface area contributed by atoms with E-state index in [2.05, 4.69) is 47.6 Å². The van der Waals surface area contributed by atoms with Gasteiger partial charge in [0.1, 0.15) is 5.75 Å². The molecule has 0 N–H and O–H groups in total. The quantitative estimate of drug-likeness (QED) is 0.167. The standard InChI is InChI=1S/C21H32N4OSSi/c1-8-25(4)15-23-18-13-17(3)19(14-16(18)2)26-20-9-10-22-21(24-20)27-11-12-28(5,6)7/h9-10,13-15H,8,11-12H2,1-7H3/b23-15+. The van der Waals surface area contributed by atoms with Crippen molar-refractivity contribution in [2.75, 3.05) is 19.3 Å². The van der Waals surface area contributed by atoms with E-state index in [1.807, 2.05) is 38.2 Å². The molecule has 0 unspecified atom stereocenters. The topological polar surface area (TPSA) is 50.6 Å². The van der Waals surface area contributed by atoms with Crippen molar-refractivity contribution in [3.63, 3.8) is 0 Å². The van der Waals surface area contributed by atoms with E-state index in [0.29, 0.717) is 5.88 Å². The van der Waals surface area contributed by atoms with E-state index < -0.39 is 8.07 Å². The number of rotatable bonds is 9. The number of nitrogens with zero attached hydrogens (tertiary/aromatic N) is 4. The first-order valence-corrected chi connectivity index (χ1v) is 14.4. The lowest BCUT2D eigenvalue weighted by atomic mass is 10.1. The number of aryl methyl sites for hydroxylation is 2. The molecule has 0 saturated carbocycles. The van der Waals surface area contributed by atoms with Crippen molar-refractivity contribution < 1.29 is 4.74 Å². The van der Waals surface area contributed by atoms with Gasteiger partial charge in [-0.25, -0.2) is 9.98 Å². The summed E-state index contributed by atoms with van der Waals surface area (Å²) in [6.07, 6.45) is 3.62. The van der Waals surface area contributed by atoms with Crippen molar-refractivity contribution in [3.8, 4) is 11.6 Å². The van der Waals surface area contributed by atoms with Crippen LogP contribution in [0.15, 0.2) is 34.5 Å². The molecule has 2 rings (SSSR count). The zero-order valence-electron chi connectivity index (χ0n) is 18.1. The molecular weight excluding hydrogens is 384 g/mol. The number of ether oxygens (including phenoxy) is 1. The molecule has 152 valence electrons. The lowest BCUT2D eigenvalue weighted by Gasteiger charge is -2.14. The highest BCUT2D eigenvalue weighted by molar-refractivity contribution is 7.99. The van der Waals surface area contributed by atoms with Gasteiger partial charge in [-0.15, -0.1) is 0 Å². The molecule has 0 amide bonds. The number of benzene rings is 1. The highest BCUT2D eigenvalue weighted by atomic mass is 32.2. The lowest BCUT2D eigenvalue weighted by molar-refractivity contribution is 0.452. The lowest BCUT2D eigenvalue weighted by Crippen LogP contribution is -2.19. The van der Waals surface area contributed by atoms with Crippen LogP contribution in [0.5, 0.6) is 11.6 Å². The maximum atomic E-state index is 6.06. The van der Waals surface area contributed by atoms with Crippen LogP contribution in [0.1, 0.15) is 18.1 Å². The van der Waals surface area contributed by atoms with Gasteiger partial charge in [-0.2, -0.15) is 4.98 Å². The fourth-order valence-electron chi connectivity index (χ4n) is 2.28. The minimum absolute atomic E-state index is 0.579. The Morgan fingerprint density at radius 3 is 2.64 bits per heavy atom. The molecule has 1 aromatic carbocycles. The van der Waals surface area contributed by atoms with E-state index in [-0.39, 0.29) is 0 Å². The highest BCUT2D eigenvalue weighted by Crippen LogP contribution is 2.31. The Morgan fingerprint density at radius 2 is 1.96 bits per heavy atom. The summed E-state index contributed by atoms with van der Waals surface area (Å²) in [5.74, 6) is 2.43. The van der Waals surface area contributed by atoms with Gasteiger partial charge < -0.3 is 9.64 Å². The summed E-state index contributed by atoms with van der Waals surface area (Å²) in [7, 11) is 0.968. The molecule has 2 aromatic rings. The summed E-state index contributed by atoms with van der Waals surface area (Å²) in [6, 6.07) is 7.13. The average molecular weight is 417 g/mol. The van der Waals surface area contributed by atoms with Crippen molar-refractivity contribution in [2.45, 2.75) is 51.6 Å². The second-order valence-corrected chi connectivity index (χ2v) is 14.8. The predicted octanol–water partition coefficient (Wildman–Crippen LogP) is 5.93. The van der Waals surface area contributed by atoms with Gasteiger partial charge in [0.15, 0.2) is 5.16 Å². The van der Waals surface area contributed by atoms with E-state index in [9.17, 15) is 0 Å². The molecule has 0 radical (unpaired) electrons. The minimum atomic E-state index is -1.04. The second kappa shape index (κ2) is 10.1. The molecule has 5 nitrogen and oxygen atoms in total. The SMILES string of the molecule is CCN(C)/C=N/c1cc(C)c(Oc2ccnc(SCC[Si](C)(C)C)n2)cc1C. The van der Waals surface area contributed by atoms with Crippen LogP contribution in [0.25, 0.3) is 0 Å². The van der Waals surface area contributed by atoms with E-state index >= 15 is 0 Å². The van der Waals surface area contributed by atoms with Crippen LogP contribution in [-0.4, -0.2) is 48.6 Å². The normalized spacial score (nSPS) is 11.8. The molecule has 0 bridgehead atoms. The first-order chi connectivity index (χ1) is 13.2. The van der Waals surface area contributed by atoms with Gasteiger partial charge >= 0.3 is 0 Å². The number of thioether (sulfide) groups is 1. The summed E-state index contributed by atoms with van der Waals surface area (Å²) < 4.78 is 6.06. The Balaban J connectivity index is 2.10. The maximum Gasteiger partial charge on any atom is 0.223 e. The maximum absolute atomic E-state index is 6.06. The van der Waals surface area contributed by atoms with Gasteiger partial charge in [0.25, 0.3) is 0 Å². The summed E-state index contributed by atoms with van der Waals surface area (Å²) >= 11 is 1.70. The molecule has 0 aliphatic rings. The van der Waals surface area contributed by atoms with E-state index in [1.165, 1.54) is 6.04 Å². The van der Waals surface area contributed by atoms with Crippen LogP contribution in [0, 0.1) is 13.8 Å². The summed E-state index contributed by atoms with van der Waals surface area (Å²) in [4.78, 5) is 15.5. The fraction of sp³-hybridized carbons (Fsp3) is 0.476. The molecule has 0 aliphatic carbocycles. The predicted molar refractivity (Wildman–Crippen MR) is 123 cm³/mol. The largest absolute Gasteiger partial charge is 0.439 e. The van der Waals surface area contributed by atoms with Gasteiger partial charge in [0, 0.05) is 33.9 Å². The molecule has 0 saturated heterocycles. The number of aliphatic imine (C=N–C) groups is 1. The van der Waals surface area contributed by atoms with Crippen molar-refractivity contribution in [2.24, 2.45) is 4.99 Å². The number of hydrogen-bond acceptors (Lipinski definition) is 5. The van der Waals surface area contributed by atoms with Crippen LogP contribution in [-0.2, 0) is 0 Å². The average Bonchev–Trinajstić information content (AvgIpc) is 2.62. The van der Waals surface area contributed by atoms with Gasteiger partial charge in [-0.1, -0.05) is 31.4 Å². The van der Waals surface area contributed by atoms with Crippen LogP contribution >= 0.6 is 11.8 Å². The van der Waals surface area contributed by atoms with Crippen molar-refractivity contribution in [3.05, 3.63) is 35.5 Å². The molecule has 0 aliphatic heterocycles. The zero-order chi connectivity index (χ0) is 20.7. The third kappa shape index (κ3) is 7.28. The minimum Gasteiger partial charge on any atom is -0.439 e. The Bertz CT molecular complexity index is 821. The van der Waals surface area contributed by atoms with Crippen molar-refractivity contribution in [1.29, 1.82) is 0 Å². The van der Waals surface area contributed by atoms with Crippen LogP contribution in [0.3, 0.4) is 0 Å². The molecule has 7 heteroatoms. The van der Waals surface area contributed by atoms with Gasteiger partial charge in [-0.3, -0.25) is 0 Å². The smallest absolute Gasteiger partial charge is 0.223 e. The van der Waals surface area contributed by atoms with Crippen LogP contribution < -0.4 is 4.74 Å². The zero-order valence-corrected chi connectivity index (χ0v) is 19.9. The first-order valence-electron chi connectivity index (χ1n) is 9.67. The van der Waals surface area contributed by atoms with Crippen LogP contribution in [0.4, 0.5) is 5.69 Å². The highest BCUT2D eigenvalue weighted by Gasteiger charge is 2.13. The Morgan fingerprint density at radius 1 is 1.21 bits per heavy atom. The van der Waals surface area contributed by atoms with E-state index in [1.54, 1.807) is 24.0 Å². The third-order valence-electron chi connectivity index (χ3n) is 4.29. The molecule has 0 atom stereocenters. The summed E-state index contributed by atoms with van der Waals surface area (Å²) in [5, 5.41) is 0.772. The molecule has 28 heavy (non-hydrogen) atoms. The van der Waals surface area contributed by atoms with Gasteiger partial charge in [0.2, 0.25) is 5.88 Å². The van der Waals surface area contributed by atoms with E-state index in [0.717, 1.165) is 40.0 Å². The third-order valence-corrected chi connectivity index (χ3v) is 7.27. The fourth-order valence-corrected chi connectivity index (χ4v) is 5.61. The van der Waals surface area contributed by atoms with E-state index in [4.69, 9.17) is 4.74 Å². The molecular formula is C21H32N4OSSi. The Hall–Kier alpha value is -1.86. The number of hydrogen-bond donors (Lipinski definition) is 0. The first kappa shape index (κ1) is 22.4. The molecule has 1 aromatic heterocycles.